The fourth-order valence-electron chi connectivity index (χ4n) is 3.03. The molecule has 21 heavy (non-hydrogen) atoms. The minimum Gasteiger partial charge on any atom is -0.376 e. The van der Waals surface area contributed by atoms with Crippen molar-refractivity contribution < 1.29 is 0 Å². The monoisotopic (exact) mass is 364 g/mol. The number of para-hydroxylation sites is 1. The molecule has 0 fully saturated rings. The third-order valence-corrected chi connectivity index (χ3v) is 5.03. The second-order valence-corrected chi connectivity index (χ2v) is 6.84. The van der Waals surface area contributed by atoms with Crippen molar-refractivity contribution in [3.8, 4) is 0 Å². The standard InChI is InChI=1S/C17H18BrClN2/c1-21(2)17-14(19)7-4-8-16(17)20-15-10-9-11-12(15)5-3-6-13(11)18/h3-8,15,20H,9-10H2,1-2H3. The molecule has 0 spiro atoms. The number of fused-ring (bicyclic) bond motifs is 1. The van der Waals surface area contributed by atoms with Gasteiger partial charge < -0.3 is 10.2 Å². The molecule has 3 rings (SSSR count). The van der Waals surface area contributed by atoms with Crippen molar-refractivity contribution in [3.05, 3.63) is 57.0 Å². The van der Waals surface area contributed by atoms with Gasteiger partial charge in [-0.15, -0.1) is 0 Å². The van der Waals surface area contributed by atoms with Gasteiger partial charge in [0.1, 0.15) is 0 Å². The molecular weight excluding hydrogens is 348 g/mol. The zero-order valence-corrected chi connectivity index (χ0v) is 14.5. The quantitative estimate of drug-likeness (QED) is 0.797. The van der Waals surface area contributed by atoms with Gasteiger partial charge in [-0.3, -0.25) is 0 Å². The molecule has 1 aliphatic carbocycles. The maximum atomic E-state index is 6.35. The molecule has 0 amide bonds. The van der Waals surface area contributed by atoms with Crippen LogP contribution in [-0.4, -0.2) is 14.1 Å². The Kier molecular flexibility index (Phi) is 4.14. The Labute approximate surface area is 139 Å². The number of benzene rings is 2. The molecule has 0 radical (unpaired) electrons. The van der Waals surface area contributed by atoms with Gasteiger partial charge in [0.25, 0.3) is 0 Å². The third-order valence-electron chi connectivity index (χ3n) is 3.98. The van der Waals surface area contributed by atoms with Crippen LogP contribution in [0.2, 0.25) is 5.02 Å². The lowest BCUT2D eigenvalue weighted by molar-refractivity contribution is 0.761. The molecule has 0 aliphatic heterocycles. The lowest BCUT2D eigenvalue weighted by Crippen LogP contribution is -2.14. The van der Waals surface area contributed by atoms with Crippen LogP contribution < -0.4 is 10.2 Å². The van der Waals surface area contributed by atoms with Crippen LogP contribution in [0.25, 0.3) is 0 Å². The van der Waals surface area contributed by atoms with Crippen LogP contribution in [0.15, 0.2) is 40.9 Å². The molecule has 110 valence electrons. The SMILES string of the molecule is CN(C)c1c(Cl)cccc1NC1CCc2c(Br)cccc21. The van der Waals surface area contributed by atoms with E-state index in [4.69, 9.17) is 11.6 Å². The van der Waals surface area contributed by atoms with Crippen LogP contribution in [-0.2, 0) is 6.42 Å². The summed E-state index contributed by atoms with van der Waals surface area (Å²) in [6.45, 7) is 0. The van der Waals surface area contributed by atoms with E-state index in [0.29, 0.717) is 6.04 Å². The molecule has 0 saturated carbocycles. The Morgan fingerprint density at radius 2 is 1.95 bits per heavy atom. The molecule has 0 aromatic heterocycles. The molecule has 1 aliphatic rings. The van der Waals surface area contributed by atoms with Crippen LogP contribution in [0.4, 0.5) is 11.4 Å². The summed E-state index contributed by atoms with van der Waals surface area (Å²) in [4.78, 5) is 2.06. The van der Waals surface area contributed by atoms with Gasteiger partial charge in [-0.2, -0.15) is 0 Å². The third kappa shape index (κ3) is 2.77. The van der Waals surface area contributed by atoms with E-state index >= 15 is 0 Å². The number of rotatable bonds is 3. The van der Waals surface area contributed by atoms with E-state index in [2.05, 4.69) is 50.4 Å². The van der Waals surface area contributed by atoms with E-state index in [1.54, 1.807) is 0 Å². The predicted octanol–water partition coefficient (Wildman–Crippen LogP) is 5.27. The van der Waals surface area contributed by atoms with Gasteiger partial charge in [-0.25, -0.2) is 0 Å². The zero-order valence-electron chi connectivity index (χ0n) is 12.2. The molecular formula is C17H18BrClN2. The number of hydrogen-bond acceptors (Lipinski definition) is 2. The minimum atomic E-state index is 0.342. The first-order chi connectivity index (χ1) is 10.1. The van der Waals surface area contributed by atoms with Crippen molar-refractivity contribution in [2.45, 2.75) is 18.9 Å². The second kappa shape index (κ2) is 5.90. The first-order valence-corrected chi connectivity index (χ1v) is 8.24. The summed E-state index contributed by atoms with van der Waals surface area (Å²) in [6.07, 6.45) is 2.21. The lowest BCUT2D eigenvalue weighted by Gasteiger charge is -2.23. The fraction of sp³-hybridized carbons (Fsp3) is 0.294. The van der Waals surface area contributed by atoms with E-state index < -0.39 is 0 Å². The van der Waals surface area contributed by atoms with Crippen molar-refractivity contribution in [1.82, 2.24) is 0 Å². The maximum absolute atomic E-state index is 6.35. The fourth-order valence-corrected chi connectivity index (χ4v) is 3.96. The van der Waals surface area contributed by atoms with Gasteiger partial charge in [-0.1, -0.05) is 45.7 Å². The number of anilines is 2. The van der Waals surface area contributed by atoms with E-state index in [0.717, 1.165) is 29.2 Å². The van der Waals surface area contributed by atoms with E-state index in [9.17, 15) is 0 Å². The van der Waals surface area contributed by atoms with Gasteiger partial charge in [0.15, 0.2) is 0 Å². The van der Waals surface area contributed by atoms with Crippen LogP contribution in [0, 0.1) is 0 Å². The first kappa shape index (κ1) is 14.7. The Hall–Kier alpha value is -1.19. The zero-order chi connectivity index (χ0) is 15.0. The van der Waals surface area contributed by atoms with Crippen LogP contribution in [0.1, 0.15) is 23.6 Å². The van der Waals surface area contributed by atoms with Gasteiger partial charge in [0, 0.05) is 18.6 Å². The molecule has 0 bridgehead atoms. The summed E-state index contributed by atoms with van der Waals surface area (Å²) in [7, 11) is 4.04. The normalized spacial score (nSPS) is 16.7. The molecule has 1 unspecified atom stereocenters. The van der Waals surface area contributed by atoms with E-state index in [1.807, 2.05) is 26.2 Å². The molecule has 2 nitrogen and oxygen atoms in total. The number of hydrogen-bond donors (Lipinski definition) is 1. The Morgan fingerprint density at radius 3 is 2.71 bits per heavy atom. The second-order valence-electron chi connectivity index (χ2n) is 5.57. The summed E-state index contributed by atoms with van der Waals surface area (Å²) in [6, 6.07) is 12.8. The molecule has 0 saturated heterocycles. The van der Waals surface area contributed by atoms with Crippen molar-refractivity contribution >= 4 is 38.9 Å². The van der Waals surface area contributed by atoms with Crippen molar-refractivity contribution in [2.24, 2.45) is 0 Å². The number of nitrogens with one attached hydrogen (secondary N) is 1. The Morgan fingerprint density at radius 1 is 1.19 bits per heavy atom. The summed E-state index contributed by atoms with van der Waals surface area (Å²) in [5.41, 5.74) is 4.94. The average Bonchev–Trinajstić information content (AvgIpc) is 2.83. The lowest BCUT2D eigenvalue weighted by atomic mass is 10.1. The summed E-state index contributed by atoms with van der Waals surface area (Å²) in [5, 5.41) is 4.44. The van der Waals surface area contributed by atoms with Crippen molar-refractivity contribution in [2.75, 3.05) is 24.3 Å². The van der Waals surface area contributed by atoms with Gasteiger partial charge >= 0.3 is 0 Å². The molecule has 0 heterocycles. The number of halogens is 2. The van der Waals surface area contributed by atoms with Crippen molar-refractivity contribution in [3.63, 3.8) is 0 Å². The molecule has 2 aromatic rings. The topological polar surface area (TPSA) is 15.3 Å². The highest BCUT2D eigenvalue weighted by Crippen LogP contribution is 2.40. The number of nitrogens with zero attached hydrogens (tertiary/aromatic N) is 1. The Balaban J connectivity index is 1.94. The van der Waals surface area contributed by atoms with Gasteiger partial charge in [0.05, 0.1) is 22.4 Å². The predicted molar refractivity (Wildman–Crippen MR) is 94.6 cm³/mol. The highest BCUT2D eigenvalue weighted by atomic mass is 79.9. The first-order valence-electron chi connectivity index (χ1n) is 7.07. The van der Waals surface area contributed by atoms with Crippen LogP contribution >= 0.6 is 27.5 Å². The van der Waals surface area contributed by atoms with Gasteiger partial charge in [-0.05, 0) is 42.2 Å². The molecule has 2 aromatic carbocycles. The molecule has 4 heteroatoms. The van der Waals surface area contributed by atoms with E-state index in [-0.39, 0.29) is 0 Å². The summed E-state index contributed by atoms with van der Waals surface area (Å²) in [5.74, 6) is 0. The smallest absolute Gasteiger partial charge is 0.0786 e. The van der Waals surface area contributed by atoms with E-state index in [1.165, 1.54) is 15.6 Å². The average molecular weight is 366 g/mol. The largest absolute Gasteiger partial charge is 0.376 e. The molecule has 1 atom stereocenters. The van der Waals surface area contributed by atoms with Crippen LogP contribution in [0.5, 0.6) is 0 Å². The molecule has 1 N–H and O–H groups in total. The van der Waals surface area contributed by atoms with Crippen LogP contribution in [0.3, 0.4) is 0 Å². The highest BCUT2D eigenvalue weighted by molar-refractivity contribution is 9.10. The summed E-state index contributed by atoms with van der Waals surface area (Å²) >= 11 is 10.00. The minimum absolute atomic E-state index is 0.342. The Bertz CT molecular complexity index is 670. The summed E-state index contributed by atoms with van der Waals surface area (Å²) < 4.78 is 1.21. The van der Waals surface area contributed by atoms with Gasteiger partial charge in [0.2, 0.25) is 0 Å². The maximum Gasteiger partial charge on any atom is 0.0786 e. The van der Waals surface area contributed by atoms with Crippen molar-refractivity contribution in [1.29, 1.82) is 0 Å². The highest BCUT2D eigenvalue weighted by Gasteiger charge is 2.24.